The molecule has 0 saturated carbocycles. The van der Waals surface area contributed by atoms with E-state index >= 15 is 0 Å². The van der Waals surface area contributed by atoms with Crippen LogP contribution in [0.15, 0.2) is 36.4 Å². The van der Waals surface area contributed by atoms with Crippen molar-refractivity contribution >= 4 is 34.8 Å². The van der Waals surface area contributed by atoms with Crippen LogP contribution in [0.5, 0.6) is 5.75 Å². The summed E-state index contributed by atoms with van der Waals surface area (Å²) in [4.78, 5) is 23.1. The predicted octanol–water partition coefficient (Wildman–Crippen LogP) is 5.42. The van der Waals surface area contributed by atoms with Crippen molar-refractivity contribution in [2.45, 2.75) is 32.9 Å². The van der Waals surface area contributed by atoms with Gasteiger partial charge in [-0.2, -0.15) is 13.2 Å². The Balaban J connectivity index is 1.93. The fourth-order valence-electron chi connectivity index (χ4n) is 2.51. The molecule has 0 saturated heterocycles. The maximum atomic E-state index is 13.3. The van der Waals surface area contributed by atoms with Gasteiger partial charge in [0.1, 0.15) is 5.75 Å². The number of halogens is 4. The molecule has 5 nitrogen and oxygen atoms in total. The van der Waals surface area contributed by atoms with Gasteiger partial charge >= 0.3 is 6.18 Å². The quantitative estimate of drug-likeness (QED) is 0.578. The standard InChI is InChI=1S/C20H20ClF3N2O3/c1-12-10-15(6-7-17(12)21)29-9-3-4-19(28)26-18-8-5-14(25-13(2)27)11-16(18)20(22,23)24/h5-8,10-11H,3-4,9H2,1-2H3,(H,25,27)(H,26,28). The van der Waals surface area contributed by atoms with Gasteiger partial charge in [-0.25, -0.2) is 0 Å². The Morgan fingerprint density at radius 1 is 1.10 bits per heavy atom. The normalized spacial score (nSPS) is 11.1. The molecule has 0 aliphatic heterocycles. The maximum absolute atomic E-state index is 13.3. The van der Waals surface area contributed by atoms with Crippen molar-refractivity contribution in [1.82, 2.24) is 0 Å². The molecule has 9 heteroatoms. The number of carbonyl (C=O) groups is 2. The van der Waals surface area contributed by atoms with Gasteiger partial charge in [0.2, 0.25) is 11.8 Å². The summed E-state index contributed by atoms with van der Waals surface area (Å²) in [7, 11) is 0. The van der Waals surface area contributed by atoms with E-state index in [-0.39, 0.29) is 24.4 Å². The molecule has 0 aliphatic rings. The van der Waals surface area contributed by atoms with Crippen molar-refractivity contribution in [3.05, 3.63) is 52.5 Å². The number of aryl methyl sites for hydroxylation is 1. The van der Waals surface area contributed by atoms with E-state index in [0.29, 0.717) is 17.2 Å². The molecular weight excluding hydrogens is 409 g/mol. The lowest BCUT2D eigenvalue weighted by Crippen LogP contribution is -2.18. The number of alkyl halides is 3. The van der Waals surface area contributed by atoms with Crippen molar-refractivity contribution < 1.29 is 27.5 Å². The first-order valence-electron chi connectivity index (χ1n) is 8.74. The first kappa shape index (κ1) is 22.5. The van der Waals surface area contributed by atoms with Crippen molar-refractivity contribution in [3.63, 3.8) is 0 Å². The van der Waals surface area contributed by atoms with Gasteiger partial charge in [0.25, 0.3) is 0 Å². The van der Waals surface area contributed by atoms with Crippen LogP contribution < -0.4 is 15.4 Å². The second-order valence-corrected chi connectivity index (χ2v) is 6.76. The number of hydrogen-bond donors (Lipinski definition) is 2. The van der Waals surface area contributed by atoms with E-state index in [2.05, 4.69) is 10.6 Å². The number of nitrogens with one attached hydrogen (secondary N) is 2. The average molecular weight is 429 g/mol. The number of carbonyl (C=O) groups excluding carboxylic acids is 2. The number of anilines is 2. The highest BCUT2D eigenvalue weighted by atomic mass is 35.5. The molecule has 2 aromatic rings. The molecule has 0 bridgehead atoms. The predicted molar refractivity (Wildman–Crippen MR) is 105 cm³/mol. The van der Waals surface area contributed by atoms with Gasteiger partial charge in [-0.3, -0.25) is 9.59 Å². The number of rotatable bonds is 7. The third-order valence-corrected chi connectivity index (χ3v) is 4.29. The fraction of sp³-hybridized carbons (Fsp3) is 0.300. The minimum atomic E-state index is -4.69. The molecule has 29 heavy (non-hydrogen) atoms. The molecule has 0 aromatic heterocycles. The van der Waals surface area contributed by atoms with Gasteiger partial charge in [0.05, 0.1) is 17.9 Å². The number of amides is 2. The first-order chi connectivity index (χ1) is 13.6. The van der Waals surface area contributed by atoms with Crippen molar-refractivity contribution in [2.24, 2.45) is 0 Å². The molecule has 0 fully saturated rings. The van der Waals surface area contributed by atoms with Crippen LogP contribution in [0.1, 0.15) is 30.9 Å². The van der Waals surface area contributed by atoms with Gasteiger partial charge in [-0.1, -0.05) is 11.6 Å². The molecule has 0 radical (unpaired) electrons. The summed E-state index contributed by atoms with van der Waals surface area (Å²) < 4.78 is 45.3. The zero-order valence-corrected chi connectivity index (χ0v) is 16.6. The molecule has 0 spiro atoms. The average Bonchev–Trinajstić information content (AvgIpc) is 2.61. The van der Waals surface area contributed by atoms with Crippen molar-refractivity contribution in [3.8, 4) is 5.75 Å². The number of benzene rings is 2. The Labute approximate surface area is 171 Å². The summed E-state index contributed by atoms with van der Waals surface area (Å²) in [6, 6.07) is 8.33. The van der Waals surface area contributed by atoms with Crippen LogP contribution in [-0.2, 0) is 15.8 Å². The van der Waals surface area contributed by atoms with Crippen LogP contribution >= 0.6 is 11.6 Å². The first-order valence-corrected chi connectivity index (χ1v) is 9.11. The van der Waals surface area contributed by atoms with Crippen molar-refractivity contribution in [1.29, 1.82) is 0 Å². The molecule has 2 N–H and O–H groups in total. The van der Waals surface area contributed by atoms with Gasteiger partial charge in [0, 0.05) is 24.1 Å². The highest BCUT2D eigenvalue weighted by Crippen LogP contribution is 2.36. The molecule has 2 aromatic carbocycles. The largest absolute Gasteiger partial charge is 0.494 e. The summed E-state index contributed by atoms with van der Waals surface area (Å²) in [5, 5.41) is 5.17. The van der Waals surface area contributed by atoms with Crippen LogP contribution in [0.3, 0.4) is 0 Å². The van der Waals surface area contributed by atoms with E-state index in [1.54, 1.807) is 18.2 Å². The van der Waals surface area contributed by atoms with Crippen LogP contribution in [0, 0.1) is 6.92 Å². The van der Waals surface area contributed by atoms with Gasteiger partial charge in [-0.05, 0) is 55.3 Å². The summed E-state index contributed by atoms with van der Waals surface area (Å²) in [6.45, 7) is 3.25. The topological polar surface area (TPSA) is 67.4 Å². The van der Waals surface area contributed by atoms with E-state index in [4.69, 9.17) is 16.3 Å². The molecule has 2 amide bonds. The van der Waals surface area contributed by atoms with Crippen LogP contribution in [0.2, 0.25) is 5.02 Å². The third-order valence-electron chi connectivity index (χ3n) is 3.87. The highest BCUT2D eigenvalue weighted by Gasteiger charge is 2.34. The Morgan fingerprint density at radius 3 is 2.45 bits per heavy atom. The van der Waals surface area contributed by atoms with Crippen LogP contribution in [0.4, 0.5) is 24.5 Å². The van der Waals surface area contributed by atoms with Gasteiger partial charge in [-0.15, -0.1) is 0 Å². The van der Waals surface area contributed by atoms with E-state index in [0.717, 1.165) is 17.7 Å². The van der Waals surface area contributed by atoms with E-state index in [1.807, 2.05) is 6.92 Å². The Morgan fingerprint density at radius 2 is 1.83 bits per heavy atom. The Bertz CT molecular complexity index is 901. The zero-order chi connectivity index (χ0) is 21.6. The molecule has 2 rings (SSSR count). The minimum Gasteiger partial charge on any atom is -0.494 e. The van der Waals surface area contributed by atoms with E-state index < -0.39 is 23.6 Å². The second-order valence-electron chi connectivity index (χ2n) is 6.35. The summed E-state index contributed by atoms with van der Waals surface area (Å²) in [5.41, 5.74) is -0.561. The highest BCUT2D eigenvalue weighted by molar-refractivity contribution is 6.31. The minimum absolute atomic E-state index is 0.00511. The Kier molecular flexibility index (Phi) is 7.50. The molecule has 0 heterocycles. The smallest absolute Gasteiger partial charge is 0.418 e. The summed E-state index contributed by atoms with van der Waals surface area (Å²) in [5.74, 6) is -0.468. The summed E-state index contributed by atoms with van der Waals surface area (Å²) >= 11 is 5.93. The molecule has 0 unspecified atom stereocenters. The molecule has 156 valence electrons. The van der Waals surface area contributed by atoms with Crippen LogP contribution in [0.25, 0.3) is 0 Å². The third kappa shape index (κ3) is 6.98. The molecule has 0 atom stereocenters. The SMILES string of the molecule is CC(=O)Nc1ccc(NC(=O)CCCOc2ccc(Cl)c(C)c2)c(C(F)(F)F)c1. The van der Waals surface area contributed by atoms with Crippen LogP contribution in [-0.4, -0.2) is 18.4 Å². The lowest BCUT2D eigenvalue weighted by atomic mass is 10.1. The maximum Gasteiger partial charge on any atom is 0.418 e. The fourth-order valence-corrected chi connectivity index (χ4v) is 2.63. The van der Waals surface area contributed by atoms with E-state index in [1.165, 1.54) is 13.0 Å². The van der Waals surface area contributed by atoms with Crippen molar-refractivity contribution in [2.75, 3.05) is 17.2 Å². The zero-order valence-electron chi connectivity index (χ0n) is 15.8. The molecular formula is C20H20ClF3N2O3. The van der Waals surface area contributed by atoms with E-state index in [9.17, 15) is 22.8 Å². The molecule has 0 aliphatic carbocycles. The Hall–Kier alpha value is -2.74. The van der Waals surface area contributed by atoms with Gasteiger partial charge in [0.15, 0.2) is 0 Å². The lowest BCUT2D eigenvalue weighted by molar-refractivity contribution is -0.137. The number of hydrogen-bond acceptors (Lipinski definition) is 3. The lowest BCUT2D eigenvalue weighted by Gasteiger charge is -2.15. The van der Waals surface area contributed by atoms with Gasteiger partial charge < -0.3 is 15.4 Å². The monoisotopic (exact) mass is 428 g/mol. The summed E-state index contributed by atoms with van der Waals surface area (Å²) in [6.07, 6.45) is -4.39. The second kappa shape index (κ2) is 9.65. The number of ether oxygens (including phenoxy) is 1.